The van der Waals surface area contributed by atoms with Crippen LogP contribution in [-0.4, -0.2) is 47.0 Å². The largest absolute Gasteiger partial charge is 0.483 e. The van der Waals surface area contributed by atoms with E-state index < -0.39 is 0 Å². The van der Waals surface area contributed by atoms with Crippen molar-refractivity contribution in [2.24, 2.45) is 5.92 Å². The topological polar surface area (TPSA) is 95.7 Å². The summed E-state index contributed by atoms with van der Waals surface area (Å²) in [6, 6.07) is 8.75. The van der Waals surface area contributed by atoms with Gasteiger partial charge in [0.15, 0.2) is 6.39 Å². The number of piperidine rings is 1. The molecule has 1 amide bonds. The minimum Gasteiger partial charge on any atom is -0.483 e. The Balaban J connectivity index is 0.000000758. The Bertz CT molecular complexity index is 663. The molecule has 0 radical (unpaired) electrons. The van der Waals surface area contributed by atoms with Gasteiger partial charge in [0.2, 0.25) is 5.76 Å². The zero-order valence-electron chi connectivity index (χ0n) is 14.9. The predicted octanol–water partition coefficient (Wildman–Crippen LogP) is 2.33. The normalized spacial score (nSPS) is 15.0. The van der Waals surface area contributed by atoms with Crippen molar-refractivity contribution in [3.05, 3.63) is 53.7 Å². The summed E-state index contributed by atoms with van der Waals surface area (Å²) in [5.74, 6) is 0.641. The maximum Gasteiger partial charge on any atom is 0.290 e. The summed E-state index contributed by atoms with van der Waals surface area (Å²) in [7, 11) is 0. The average Bonchev–Trinajstić information content (AvgIpc) is 3.18. The van der Waals surface area contributed by atoms with Gasteiger partial charge in [0.1, 0.15) is 0 Å². The summed E-state index contributed by atoms with van der Waals surface area (Å²) in [5.41, 5.74) is 2.67. The molecular formula is C19H25N3O4. The van der Waals surface area contributed by atoms with E-state index in [1.54, 1.807) is 0 Å². The molecule has 7 heteroatoms. The summed E-state index contributed by atoms with van der Waals surface area (Å²) in [6.45, 7) is 5.74. The molecule has 1 fully saturated rings. The van der Waals surface area contributed by atoms with E-state index in [4.69, 9.17) is 14.3 Å². The lowest BCUT2D eigenvalue weighted by molar-refractivity contribution is -0.122. The molecule has 2 heterocycles. The Labute approximate surface area is 153 Å². The van der Waals surface area contributed by atoms with Crippen LogP contribution in [0.15, 0.2) is 41.3 Å². The number of likely N-dealkylation sites (tertiary alicyclic amines) is 1. The summed E-state index contributed by atoms with van der Waals surface area (Å²) in [5, 5.41) is 9.82. The summed E-state index contributed by atoms with van der Waals surface area (Å²) < 4.78 is 5.00. The first-order valence-electron chi connectivity index (χ1n) is 8.64. The Morgan fingerprint density at radius 3 is 2.58 bits per heavy atom. The van der Waals surface area contributed by atoms with Crippen LogP contribution in [0.3, 0.4) is 0 Å². The van der Waals surface area contributed by atoms with E-state index in [1.165, 1.54) is 23.7 Å². The van der Waals surface area contributed by atoms with E-state index >= 15 is 0 Å². The third kappa shape index (κ3) is 6.33. The molecule has 1 aliphatic heterocycles. The van der Waals surface area contributed by atoms with Crippen molar-refractivity contribution in [1.82, 2.24) is 15.2 Å². The lowest BCUT2D eigenvalue weighted by atomic mass is 9.96. The lowest BCUT2D eigenvalue weighted by Crippen LogP contribution is -2.38. The molecule has 7 nitrogen and oxygen atoms in total. The molecule has 2 aromatic rings. The Kier molecular flexibility index (Phi) is 7.82. The second kappa shape index (κ2) is 10.4. The molecule has 0 spiro atoms. The molecule has 26 heavy (non-hydrogen) atoms. The maximum absolute atomic E-state index is 11.8. The number of hydrogen-bond donors (Lipinski definition) is 2. The van der Waals surface area contributed by atoms with Gasteiger partial charge in [-0.2, -0.15) is 0 Å². The SMILES string of the molecule is Cc1ccc(CN2CCC(CNC(=O)c3cnco3)CC2)cc1.O=CO. The number of aromatic nitrogens is 1. The number of rotatable bonds is 5. The number of nitrogens with one attached hydrogen (secondary N) is 1. The molecule has 0 bridgehead atoms. The van der Waals surface area contributed by atoms with Gasteiger partial charge in [-0.25, -0.2) is 4.98 Å². The van der Waals surface area contributed by atoms with E-state index in [9.17, 15) is 4.79 Å². The number of aryl methyl sites for hydroxylation is 1. The molecule has 1 saturated heterocycles. The highest BCUT2D eigenvalue weighted by atomic mass is 16.4. The number of hydrogen-bond acceptors (Lipinski definition) is 5. The van der Waals surface area contributed by atoms with Crippen molar-refractivity contribution < 1.29 is 19.1 Å². The number of benzene rings is 1. The number of nitrogens with zero attached hydrogens (tertiary/aromatic N) is 2. The van der Waals surface area contributed by atoms with Gasteiger partial charge < -0.3 is 14.8 Å². The molecule has 1 aromatic carbocycles. The highest BCUT2D eigenvalue weighted by Gasteiger charge is 2.20. The fraction of sp³-hybridized carbons (Fsp3) is 0.421. The van der Waals surface area contributed by atoms with Crippen LogP contribution in [0.2, 0.25) is 0 Å². The summed E-state index contributed by atoms with van der Waals surface area (Å²) in [6.07, 6.45) is 4.95. The van der Waals surface area contributed by atoms with Gasteiger partial charge in [0.05, 0.1) is 6.20 Å². The minimum absolute atomic E-state index is 0.176. The molecule has 1 aliphatic rings. The molecular weight excluding hydrogens is 334 g/mol. The number of oxazole rings is 1. The first-order valence-corrected chi connectivity index (χ1v) is 8.64. The second-order valence-corrected chi connectivity index (χ2v) is 6.39. The third-order valence-corrected chi connectivity index (χ3v) is 4.44. The number of carbonyl (C=O) groups excluding carboxylic acids is 1. The zero-order chi connectivity index (χ0) is 18.8. The Morgan fingerprint density at radius 1 is 1.35 bits per heavy atom. The van der Waals surface area contributed by atoms with Gasteiger partial charge in [0, 0.05) is 13.1 Å². The Hall–Kier alpha value is -2.67. The molecule has 3 rings (SSSR count). The van der Waals surface area contributed by atoms with Gasteiger partial charge in [-0.05, 0) is 44.3 Å². The minimum atomic E-state index is -0.250. The Morgan fingerprint density at radius 2 is 2.00 bits per heavy atom. The van der Waals surface area contributed by atoms with Crippen LogP contribution in [0.5, 0.6) is 0 Å². The standard InChI is InChI=1S/C18H23N3O2.CH2O2/c1-14-2-4-16(5-3-14)12-21-8-6-15(7-9-21)10-20-18(22)17-11-19-13-23-17;2-1-3/h2-5,11,13,15H,6-10,12H2,1H3,(H,20,22);1H,(H,2,3). The molecule has 0 saturated carbocycles. The average molecular weight is 359 g/mol. The number of carboxylic acid groups (broad SMARTS) is 1. The fourth-order valence-corrected chi connectivity index (χ4v) is 2.95. The van der Waals surface area contributed by atoms with Crippen LogP contribution < -0.4 is 5.32 Å². The van der Waals surface area contributed by atoms with Gasteiger partial charge >= 0.3 is 0 Å². The first kappa shape index (κ1) is 19.7. The van der Waals surface area contributed by atoms with Crippen LogP contribution >= 0.6 is 0 Å². The van der Waals surface area contributed by atoms with Crippen molar-refractivity contribution in [2.75, 3.05) is 19.6 Å². The van der Waals surface area contributed by atoms with Crippen molar-refractivity contribution >= 4 is 12.4 Å². The van der Waals surface area contributed by atoms with Crippen LogP contribution in [0.1, 0.15) is 34.5 Å². The molecule has 140 valence electrons. The van der Waals surface area contributed by atoms with Gasteiger partial charge in [-0.1, -0.05) is 29.8 Å². The fourth-order valence-electron chi connectivity index (χ4n) is 2.95. The van der Waals surface area contributed by atoms with Gasteiger partial charge in [-0.3, -0.25) is 14.5 Å². The molecule has 2 N–H and O–H groups in total. The smallest absolute Gasteiger partial charge is 0.290 e. The van der Waals surface area contributed by atoms with Gasteiger partial charge in [-0.15, -0.1) is 0 Å². The van der Waals surface area contributed by atoms with Crippen molar-refractivity contribution in [3.8, 4) is 0 Å². The number of carbonyl (C=O) groups is 2. The molecule has 0 aliphatic carbocycles. The molecule has 0 unspecified atom stereocenters. The van der Waals surface area contributed by atoms with Crippen molar-refractivity contribution in [3.63, 3.8) is 0 Å². The van der Waals surface area contributed by atoms with E-state index in [0.29, 0.717) is 12.5 Å². The number of amides is 1. The van der Waals surface area contributed by atoms with Crippen molar-refractivity contribution in [1.29, 1.82) is 0 Å². The predicted molar refractivity (Wildman–Crippen MR) is 96.7 cm³/mol. The van der Waals surface area contributed by atoms with Crippen molar-refractivity contribution in [2.45, 2.75) is 26.3 Å². The van der Waals surface area contributed by atoms with E-state index in [1.807, 2.05) is 0 Å². The quantitative estimate of drug-likeness (QED) is 0.796. The molecule has 1 aromatic heterocycles. The highest BCUT2D eigenvalue weighted by Crippen LogP contribution is 2.18. The maximum atomic E-state index is 11.8. The summed E-state index contributed by atoms with van der Waals surface area (Å²) >= 11 is 0. The lowest BCUT2D eigenvalue weighted by Gasteiger charge is -2.32. The zero-order valence-corrected chi connectivity index (χ0v) is 14.9. The second-order valence-electron chi connectivity index (χ2n) is 6.39. The van der Waals surface area contributed by atoms with Crippen LogP contribution in [-0.2, 0) is 11.3 Å². The van der Waals surface area contributed by atoms with Crippen LogP contribution in [0, 0.1) is 12.8 Å². The van der Waals surface area contributed by atoms with E-state index in [0.717, 1.165) is 32.5 Å². The van der Waals surface area contributed by atoms with Gasteiger partial charge in [0.25, 0.3) is 12.4 Å². The summed E-state index contributed by atoms with van der Waals surface area (Å²) in [4.78, 5) is 26.4. The van der Waals surface area contributed by atoms with E-state index in [2.05, 4.69) is 46.4 Å². The van der Waals surface area contributed by atoms with E-state index in [-0.39, 0.29) is 18.1 Å². The van der Waals surface area contributed by atoms with Crippen LogP contribution in [0.25, 0.3) is 0 Å². The monoisotopic (exact) mass is 359 g/mol. The first-order chi connectivity index (χ1) is 12.6. The highest BCUT2D eigenvalue weighted by molar-refractivity contribution is 5.90. The third-order valence-electron chi connectivity index (χ3n) is 4.44. The van der Waals surface area contributed by atoms with Crippen LogP contribution in [0.4, 0.5) is 0 Å². The molecule has 0 atom stereocenters.